The van der Waals surface area contributed by atoms with E-state index in [0.29, 0.717) is 24.5 Å². The molecule has 4 heterocycles. The molecule has 1 saturated heterocycles. The van der Waals surface area contributed by atoms with Gasteiger partial charge in [-0.15, -0.1) is 11.3 Å². The number of benzene rings is 1. The van der Waals surface area contributed by atoms with Crippen molar-refractivity contribution < 1.29 is 14.6 Å². The Bertz CT molecular complexity index is 1110. The quantitative estimate of drug-likeness (QED) is 0.650. The number of carbonyl (C=O) groups excluding carboxylic acids is 1. The van der Waals surface area contributed by atoms with E-state index in [1.807, 2.05) is 29.2 Å². The Morgan fingerprint density at radius 2 is 2.13 bits per heavy atom. The third-order valence-corrected chi connectivity index (χ3v) is 7.04. The summed E-state index contributed by atoms with van der Waals surface area (Å²) in [4.78, 5) is 20.2. The first-order valence-electron chi connectivity index (χ1n) is 10.1. The SMILES string of the molecule is O=C(C1CCc2cc(Cl)cc(-c3ccnc4cc(CO)sc34)c2O1)N1CCNCC1. The van der Waals surface area contributed by atoms with Crippen molar-refractivity contribution in [2.75, 3.05) is 26.2 Å². The predicted octanol–water partition coefficient (Wildman–Crippen LogP) is 3.23. The van der Waals surface area contributed by atoms with Gasteiger partial charge in [0, 0.05) is 53.4 Å². The van der Waals surface area contributed by atoms with E-state index in [4.69, 9.17) is 16.3 Å². The lowest BCUT2D eigenvalue weighted by molar-refractivity contribution is -0.140. The molecule has 0 bridgehead atoms. The molecule has 1 aromatic carbocycles. The summed E-state index contributed by atoms with van der Waals surface area (Å²) in [5.41, 5.74) is 3.68. The number of fused-ring (bicyclic) bond motifs is 2. The number of pyridine rings is 1. The van der Waals surface area contributed by atoms with Gasteiger partial charge in [0.2, 0.25) is 0 Å². The van der Waals surface area contributed by atoms with Crippen LogP contribution in [0.15, 0.2) is 30.5 Å². The Balaban J connectivity index is 1.55. The summed E-state index contributed by atoms with van der Waals surface area (Å²) in [5, 5.41) is 13.5. The lowest BCUT2D eigenvalue weighted by Crippen LogP contribution is -2.51. The first-order chi connectivity index (χ1) is 14.6. The molecule has 5 rings (SSSR count). The van der Waals surface area contributed by atoms with E-state index in [9.17, 15) is 9.90 Å². The molecular weight excluding hydrogens is 422 g/mol. The van der Waals surface area contributed by atoms with Crippen LogP contribution in [-0.4, -0.2) is 53.2 Å². The highest BCUT2D eigenvalue weighted by Crippen LogP contribution is 2.44. The van der Waals surface area contributed by atoms with E-state index in [2.05, 4.69) is 10.3 Å². The van der Waals surface area contributed by atoms with Gasteiger partial charge >= 0.3 is 0 Å². The second-order valence-electron chi connectivity index (χ2n) is 7.61. The summed E-state index contributed by atoms with van der Waals surface area (Å²) >= 11 is 7.96. The molecule has 2 aliphatic heterocycles. The number of nitrogens with one attached hydrogen (secondary N) is 1. The molecule has 8 heteroatoms. The zero-order chi connectivity index (χ0) is 20.7. The summed E-state index contributed by atoms with van der Waals surface area (Å²) in [7, 11) is 0. The van der Waals surface area contributed by atoms with Gasteiger partial charge in [0.15, 0.2) is 6.10 Å². The summed E-state index contributed by atoms with van der Waals surface area (Å²) in [6, 6.07) is 7.66. The number of carbonyl (C=O) groups is 1. The molecule has 0 aliphatic carbocycles. The van der Waals surface area contributed by atoms with Crippen LogP contribution in [0, 0.1) is 0 Å². The molecule has 1 unspecified atom stereocenters. The largest absolute Gasteiger partial charge is 0.480 e. The number of halogens is 1. The Morgan fingerprint density at radius 3 is 2.93 bits per heavy atom. The standard InChI is InChI=1S/C22H22ClN3O3S/c23-14-9-13-1-2-19(22(28)26-7-5-24-6-8-26)29-20(13)17(10-14)16-3-4-25-18-11-15(12-27)30-21(16)18/h3-4,9-11,19,24,27H,1-2,5-8,12H2. The molecule has 2 aliphatic rings. The van der Waals surface area contributed by atoms with Crippen LogP contribution in [-0.2, 0) is 17.8 Å². The van der Waals surface area contributed by atoms with Crippen LogP contribution < -0.4 is 10.1 Å². The molecule has 1 atom stereocenters. The normalized spacial score (nSPS) is 18.9. The molecule has 3 aromatic rings. The average Bonchev–Trinajstić information content (AvgIpc) is 3.22. The van der Waals surface area contributed by atoms with Crippen molar-refractivity contribution in [1.82, 2.24) is 15.2 Å². The van der Waals surface area contributed by atoms with Crippen LogP contribution in [0.1, 0.15) is 16.9 Å². The zero-order valence-corrected chi connectivity index (χ0v) is 17.9. The summed E-state index contributed by atoms with van der Waals surface area (Å²) < 4.78 is 7.31. The Morgan fingerprint density at radius 1 is 1.30 bits per heavy atom. The van der Waals surface area contributed by atoms with Crippen LogP contribution in [0.2, 0.25) is 5.02 Å². The van der Waals surface area contributed by atoms with E-state index in [-0.39, 0.29) is 12.5 Å². The van der Waals surface area contributed by atoms with Crippen LogP contribution in [0.4, 0.5) is 0 Å². The number of aromatic nitrogens is 1. The Hall–Kier alpha value is -2.19. The monoisotopic (exact) mass is 443 g/mol. The minimum atomic E-state index is -0.482. The molecule has 156 valence electrons. The lowest BCUT2D eigenvalue weighted by Gasteiger charge is -2.34. The maximum Gasteiger partial charge on any atom is 0.263 e. The van der Waals surface area contributed by atoms with Crippen molar-refractivity contribution in [2.24, 2.45) is 0 Å². The fraction of sp³-hybridized carbons (Fsp3) is 0.364. The van der Waals surface area contributed by atoms with Crippen LogP contribution in [0.5, 0.6) is 5.75 Å². The summed E-state index contributed by atoms with van der Waals surface area (Å²) in [6.45, 7) is 3.03. The fourth-order valence-electron chi connectivity index (χ4n) is 4.20. The van der Waals surface area contributed by atoms with Crippen LogP contribution in [0.3, 0.4) is 0 Å². The average molecular weight is 444 g/mol. The topological polar surface area (TPSA) is 74.7 Å². The molecule has 2 aromatic heterocycles. The second-order valence-corrected chi connectivity index (χ2v) is 9.18. The highest BCUT2D eigenvalue weighted by Gasteiger charge is 2.32. The maximum absolute atomic E-state index is 13.0. The third kappa shape index (κ3) is 3.56. The van der Waals surface area contributed by atoms with Crippen LogP contribution >= 0.6 is 22.9 Å². The third-order valence-electron chi connectivity index (χ3n) is 5.68. The number of nitrogens with zero attached hydrogens (tertiary/aromatic N) is 2. The molecule has 6 nitrogen and oxygen atoms in total. The van der Waals surface area contributed by atoms with Gasteiger partial charge < -0.3 is 20.1 Å². The highest BCUT2D eigenvalue weighted by atomic mass is 35.5. The Labute approximate surface area is 183 Å². The molecular formula is C22H22ClN3O3S. The van der Waals surface area contributed by atoms with Crippen molar-refractivity contribution in [3.8, 4) is 16.9 Å². The first kappa shape index (κ1) is 19.8. The first-order valence-corrected chi connectivity index (χ1v) is 11.3. The molecule has 0 spiro atoms. The number of ether oxygens (including phenoxy) is 1. The summed E-state index contributed by atoms with van der Waals surface area (Å²) in [6.07, 6.45) is 2.66. The van der Waals surface area contributed by atoms with Crippen molar-refractivity contribution in [1.29, 1.82) is 0 Å². The predicted molar refractivity (Wildman–Crippen MR) is 118 cm³/mol. The lowest BCUT2D eigenvalue weighted by atomic mass is 9.95. The molecule has 0 radical (unpaired) electrons. The van der Waals surface area contributed by atoms with Crippen molar-refractivity contribution >= 4 is 39.1 Å². The Kier molecular flexibility index (Phi) is 5.37. The van der Waals surface area contributed by atoms with E-state index >= 15 is 0 Å². The zero-order valence-electron chi connectivity index (χ0n) is 16.4. The fourth-order valence-corrected chi connectivity index (χ4v) is 5.45. The van der Waals surface area contributed by atoms with E-state index in [0.717, 1.165) is 57.0 Å². The maximum atomic E-state index is 13.0. The number of hydrogen-bond donors (Lipinski definition) is 2. The van der Waals surface area contributed by atoms with Gasteiger partial charge in [0.25, 0.3) is 5.91 Å². The van der Waals surface area contributed by atoms with Gasteiger partial charge in [-0.3, -0.25) is 9.78 Å². The summed E-state index contributed by atoms with van der Waals surface area (Å²) in [5.74, 6) is 0.784. The second kappa shape index (κ2) is 8.15. The van der Waals surface area contributed by atoms with Crippen molar-refractivity contribution in [2.45, 2.75) is 25.6 Å². The number of amides is 1. The van der Waals surface area contributed by atoms with Crippen molar-refractivity contribution in [3.63, 3.8) is 0 Å². The number of aliphatic hydroxyl groups excluding tert-OH is 1. The number of thiophene rings is 1. The van der Waals surface area contributed by atoms with Gasteiger partial charge in [-0.05, 0) is 42.7 Å². The van der Waals surface area contributed by atoms with Gasteiger partial charge in [-0.1, -0.05) is 11.6 Å². The smallest absolute Gasteiger partial charge is 0.263 e. The molecule has 1 amide bonds. The number of piperazine rings is 1. The molecule has 0 saturated carbocycles. The van der Waals surface area contributed by atoms with Gasteiger partial charge in [0.05, 0.1) is 16.8 Å². The van der Waals surface area contributed by atoms with Gasteiger partial charge in [-0.2, -0.15) is 0 Å². The van der Waals surface area contributed by atoms with Crippen molar-refractivity contribution in [3.05, 3.63) is 45.9 Å². The highest BCUT2D eigenvalue weighted by molar-refractivity contribution is 7.19. The van der Waals surface area contributed by atoms with Crippen LogP contribution in [0.25, 0.3) is 21.3 Å². The number of aryl methyl sites for hydroxylation is 1. The van der Waals surface area contributed by atoms with Gasteiger partial charge in [0.1, 0.15) is 5.75 Å². The number of rotatable bonds is 3. The minimum Gasteiger partial charge on any atom is -0.480 e. The number of hydrogen-bond acceptors (Lipinski definition) is 6. The number of aliphatic hydroxyl groups is 1. The van der Waals surface area contributed by atoms with E-state index in [1.54, 1.807) is 6.20 Å². The molecule has 1 fully saturated rings. The van der Waals surface area contributed by atoms with E-state index in [1.165, 1.54) is 11.3 Å². The molecule has 30 heavy (non-hydrogen) atoms. The van der Waals surface area contributed by atoms with Gasteiger partial charge in [-0.25, -0.2) is 0 Å². The van der Waals surface area contributed by atoms with E-state index < -0.39 is 6.10 Å². The molecule has 2 N–H and O–H groups in total. The minimum absolute atomic E-state index is 0.0219.